The monoisotopic (exact) mass is 521 g/mol. The number of methoxy groups -OCH3 is 1. The molecule has 0 fully saturated rings. The Morgan fingerprint density at radius 1 is 0.972 bits per heavy atom. The summed E-state index contributed by atoms with van der Waals surface area (Å²) >= 11 is 12.4. The van der Waals surface area contributed by atoms with E-state index in [4.69, 9.17) is 41.8 Å². The van der Waals surface area contributed by atoms with Crippen LogP contribution in [0.4, 0.5) is 0 Å². The van der Waals surface area contributed by atoms with Crippen molar-refractivity contribution >= 4 is 23.2 Å². The molecule has 6 rings (SSSR count). The Kier molecular flexibility index (Phi) is 5.39. The van der Waals surface area contributed by atoms with E-state index in [9.17, 15) is 9.59 Å². The van der Waals surface area contributed by atoms with Gasteiger partial charge in [0.25, 0.3) is 11.5 Å². The first-order chi connectivity index (χ1) is 17.5. The second-order valence-electron chi connectivity index (χ2n) is 8.24. The maximum Gasteiger partial charge on any atom is 0.426 e. The van der Waals surface area contributed by atoms with E-state index in [1.165, 1.54) is 7.11 Å². The molecule has 0 saturated heterocycles. The van der Waals surface area contributed by atoms with Crippen LogP contribution in [0.15, 0.2) is 92.8 Å². The Hall–Kier alpha value is -3.94. The van der Waals surface area contributed by atoms with Crippen LogP contribution in [0.25, 0.3) is 17.0 Å². The van der Waals surface area contributed by atoms with E-state index < -0.39 is 23.3 Å². The highest BCUT2D eigenvalue weighted by Gasteiger charge is 2.43. The van der Waals surface area contributed by atoms with Gasteiger partial charge in [0.15, 0.2) is 5.75 Å². The van der Waals surface area contributed by atoms with Crippen molar-refractivity contribution in [1.82, 2.24) is 4.57 Å². The number of rotatable bonds is 4. The Morgan fingerprint density at radius 2 is 1.78 bits per heavy atom. The maximum atomic E-state index is 13.8. The van der Waals surface area contributed by atoms with Crippen LogP contribution in [-0.4, -0.2) is 11.7 Å². The van der Waals surface area contributed by atoms with Crippen molar-refractivity contribution < 1.29 is 18.6 Å². The molecule has 1 aromatic heterocycles. The summed E-state index contributed by atoms with van der Waals surface area (Å²) in [5.41, 5.74) is 1.48. The third-order valence-corrected chi connectivity index (χ3v) is 7.02. The van der Waals surface area contributed by atoms with E-state index >= 15 is 0 Å². The third-order valence-electron chi connectivity index (χ3n) is 6.22. The van der Waals surface area contributed by atoms with E-state index in [1.54, 1.807) is 54.6 Å². The van der Waals surface area contributed by atoms with Gasteiger partial charge in [-0.1, -0.05) is 59.6 Å². The van der Waals surface area contributed by atoms with Crippen molar-refractivity contribution in [2.45, 2.75) is 12.0 Å². The van der Waals surface area contributed by atoms with E-state index in [2.05, 4.69) is 0 Å². The molecule has 180 valence electrons. The lowest BCUT2D eigenvalue weighted by atomic mass is 9.81. The van der Waals surface area contributed by atoms with Crippen LogP contribution < -0.4 is 20.8 Å². The minimum atomic E-state index is -0.801. The van der Waals surface area contributed by atoms with Crippen LogP contribution in [-0.2, 0) is 4.74 Å². The Morgan fingerprint density at radius 3 is 2.61 bits per heavy atom. The molecule has 0 radical (unpaired) electrons. The molecule has 0 saturated carbocycles. The number of benzene rings is 3. The predicted octanol–water partition coefficient (Wildman–Crippen LogP) is 5.86. The molecule has 2 aliphatic rings. The van der Waals surface area contributed by atoms with E-state index in [0.717, 1.165) is 10.1 Å². The molecule has 4 aromatic rings. The molecule has 3 aromatic carbocycles. The highest BCUT2D eigenvalue weighted by Crippen LogP contribution is 2.51. The van der Waals surface area contributed by atoms with Gasteiger partial charge in [0, 0.05) is 23.3 Å². The van der Waals surface area contributed by atoms with Crippen LogP contribution in [0.2, 0.25) is 10.0 Å². The van der Waals surface area contributed by atoms with Crippen LogP contribution in [0.3, 0.4) is 0 Å². The number of aromatic nitrogens is 1. The summed E-state index contributed by atoms with van der Waals surface area (Å²) in [4.78, 5) is 26.9. The Bertz CT molecular complexity index is 1670. The number of nitrogens with zero attached hydrogens (tertiary/aromatic N) is 1. The molecule has 36 heavy (non-hydrogen) atoms. The molecule has 0 N–H and O–H groups in total. The van der Waals surface area contributed by atoms with Gasteiger partial charge in [-0.2, -0.15) is 0 Å². The number of hydrogen-bond donors (Lipinski definition) is 0. The molecule has 7 nitrogen and oxygen atoms in total. The van der Waals surface area contributed by atoms with Crippen molar-refractivity contribution in [2.75, 3.05) is 7.11 Å². The highest BCUT2D eigenvalue weighted by atomic mass is 35.5. The van der Waals surface area contributed by atoms with Gasteiger partial charge in [0.05, 0.1) is 29.3 Å². The zero-order chi connectivity index (χ0) is 25.0. The van der Waals surface area contributed by atoms with E-state index in [0.29, 0.717) is 27.8 Å². The molecular formula is C27H17Cl2NO6. The fourth-order valence-electron chi connectivity index (χ4n) is 4.60. The lowest BCUT2D eigenvalue weighted by Gasteiger charge is -2.27. The molecule has 1 aliphatic heterocycles. The van der Waals surface area contributed by atoms with Gasteiger partial charge in [-0.15, -0.1) is 0 Å². The van der Waals surface area contributed by atoms with Crippen LogP contribution in [0.1, 0.15) is 23.1 Å². The van der Waals surface area contributed by atoms with E-state index in [1.807, 2.05) is 18.2 Å². The van der Waals surface area contributed by atoms with Gasteiger partial charge in [0.2, 0.25) is 0 Å². The predicted molar refractivity (Wildman–Crippen MR) is 134 cm³/mol. The van der Waals surface area contributed by atoms with Gasteiger partial charge in [-0.05, 0) is 24.3 Å². The zero-order valence-corrected chi connectivity index (χ0v) is 20.2. The molecule has 0 bridgehead atoms. The molecule has 1 aliphatic carbocycles. The van der Waals surface area contributed by atoms with Crippen molar-refractivity contribution in [2.24, 2.45) is 0 Å². The minimum absolute atomic E-state index is 0.162. The summed E-state index contributed by atoms with van der Waals surface area (Å²) < 4.78 is 24.1. The van der Waals surface area contributed by atoms with Crippen molar-refractivity contribution in [3.63, 3.8) is 0 Å². The lowest BCUT2D eigenvalue weighted by molar-refractivity contribution is 0.0599. The Labute approximate surface area is 214 Å². The second-order valence-corrected chi connectivity index (χ2v) is 9.03. The molecule has 0 spiro atoms. The van der Waals surface area contributed by atoms with Crippen LogP contribution in [0, 0.1) is 0 Å². The maximum absolute atomic E-state index is 13.8. The summed E-state index contributed by atoms with van der Waals surface area (Å²) in [5.74, 6) is -0.186. The average Bonchev–Trinajstić information content (AvgIpc) is 3.30. The standard InChI is InChI=1S/C27H17Cl2NO6/c1-33-15-7-4-6-14(12-15)30-26(31)22-18-13-21(34-20-11-5-10-19(28)23(20)29)35-24(18)16-8-2-3-9-17(16)25(22)36-27(30)32/h2-13,18,24H,1H3. The normalized spacial score (nSPS) is 17.4. The molecule has 0 amide bonds. The zero-order valence-electron chi connectivity index (χ0n) is 18.7. The van der Waals surface area contributed by atoms with Crippen LogP contribution >= 0.6 is 23.2 Å². The van der Waals surface area contributed by atoms with Gasteiger partial charge >= 0.3 is 5.76 Å². The van der Waals surface area contributed by atoms with Crippen molar-refractivity contribution in [3.05, 3.63) is 121 Å². The largest absolute Gasteiger partial charge is 0.497 e. The second kappa shape index (κ2) is 8.62. The SMILES string of the molecule is COc1cccc(-n2c(=O)oc3c(c2=O)C2C=C(Oc4cccc(Cl)c4Cl)OC2c2ccccc2-3)c1. The van der Waals surface area contributed by atoms with Crippen molar-refractivity contribution in [3.8, 4) is 28.5 Å². The topological polar surface area (TPSA) is 79.9 Å². The Balaban J connectivity index is 1.53. The third kappa shape index (κ3) is 3.51. The van der Waals surface area contributed by atoms with Gasteiger partial charge in [-0.25, -0.2) is 9.36 Å². The number of halogens is 2. The van der Waals surface area contributed by atoms with E-state index in [-0.39, 0.29) is 22.3 Å². The molecular weight excluding hydrogens is 505 g/mol. The summed E-state index contributed by atoms with van der Waals surface area (Å²) in [6, 6.07) is 19.0. The highest BCUT2D eigenvalue weighted by molar-refractivity contribution is 6.42. The minimum Gasteiger partial charge on any atom is -0.497 e. The number of ether oxygens (including phenoxy) is 3. The number of hydrogen-bond acceptors (Lipinski definition) is 6. The van der Waals surface area contributed by atoms with Gasteiger partial charge in [0.1, 0.15) is 22.6 Å². The smallest absolute Gasteiger partial charge is 0.426 e. The summed E-state index contributed by atoms with van der Waals surface area (Å²) in [5, 5.41) is 0.578. The lowest BCUT2D eigenvalue weighted by Crippen LogP contribution is -2.36. The fraction of sp³-hybridized carbons (Fsp3) is 0.111. The average molecular weight is 522 g/mol. The van der Waals surface area contributed by atoms with Gasteiger partial charge in [-0.3, -0.25) is 4.79 Å². The fourth-order valence-corrected chi connectivity index (χ4v) is 4.93. The molecule has 2 unspecified atom stereocenters. The quantitative estimate of drug-likeness (QED) is 0.334. The first-order valence-electron chi connectivity index (χ1n) is 11.0. The van der Waals surface area contributed by atoms with Crippen LogP contribution in [0.5, 0.6) is 11.5 Å². The van der Waals surface area contributed by atoms with Crippen molar-refractivity contribution in [1.29, 1.82) is 0 Å². The number of fused-ring (bicyclic) bond motifs is 6. The summed E-state index contributed by atoms with van der Waals surface area (Å²) in [7, 11) is 1.51. The first kappa shape index (κ1) is 22.5. The summed E-state index contributed by atoms with van der Waals surface area (Å²) in [6.45, 7) is 0. The van der Waals surface area contributed by atoms with Gasteiger partial charge < -0.3 is 18.6 Å². The first-order valence-corrected chi connectivity index (χ1v) is 11.8. The molecule has 2 atom stereocenters. The summed E-state index contributed by atoms with van der Waals surface area (Å²) in [6.07, 6.45) is 1.12. The molecule has 2 heterocycles. The molecule has 9 heteroatoms.